The van der Waals surface area contributed by atoms with Crippen LogP contribution in [0.5, 0.6) is 0 Å². The number of aliphatic imine (C=N–C) groups is 2. The molecule has 0 rings (SSSR count). The van der Waals surface area contributed by atoms with Crippen LogP contribution in [-0.2, 0) is 0 Å². The van der Waals surface area contributed by atoms with Crippen LogP contribution in [-0.4, -0.2) is 24.8 Å². The number of rotatable bonds is 4. The van der Waals surface area contributed by atoms with Crippen LogP contribution in [0.1, 0.15) is 40.5 Å². The summed E-state index contributed by atoms with van der Waals surface area (Å²) in [6.07, 6.45) is 2.05. The van der Waals surface area contributed by atoms with Gasteiger partial charge in [-0.15, -0.1) is 0 Å². The van der Waals surface area contributed by atoms with Crippen molar-refractivity contribution in [3.8, 4) is 0 Å². The lowest BCUT2D eigenvalue weighted by Gasteiger charge is -2.03. The van der Waals surface area contributed by atoms with Gasteiger partial charge in [-0.1, -0.05) is 13.8 Å². The summed E-state index contributed by atoms with van der Waals surface area (Å²) < 4.78 is 0. The second-order valence-corrected chi connectivity index (χ2v) is 2.94. The Labute approximate surface area is 81.4 Å². The molecule has 0 fully saturated rings. The standard InChI is InChI=1S/C10H21N3/c1-5-8-12-10(11-7-3)13-9(4)6-2/h5-8H2,1-4H3,(H,11,12)/b13-9-. The van der Waals surface area contributed by atoms with Gasteiger partial charge in [-0.05, 0) is 26.7 Å². The third-order valence-electron chi connectivity index (χ3n) is 1.63. The lowest BCUT2D eigenvalue weighted by molar-refractivity contribution is 0.888. The maximum atomic E-state index is 4.38. The zero-order valence-electron chi connectivity index (χ0n) is 9.22. The van der Waals surface area contributed by atoms with Gasteiger partial charge in [-0.25, -0.2) is 4.99 Å². The molecule has 1 N–H and O–H groups in total. The molecule has 0 aliphatic heterocycles. The number of nitrogens with one attached hydrogen (secondary N) is 1. The molecule has 0 aliphatic carbocycles. The highest BCUT2D eigenvalue weighted by molar-refractivity contribution is 5.95. The maximum Gasteiger partial charge on any atom is 0.217 e. The number of guanidine groups is 1. The van der Waals surface area contributed by atoms with Crippen LogP contribution >= 0.6 is 0 Å². The van der Waals surface area contributed by atoms with E-state index in [9.17, 15) is 0 Å². The van der Waals surface area contributed by atoms with Crippen molar-refractivity contribution < 1.29 is 0 Å². The van der Waals surface area contributed by atoms with Gasteiger partial charge in [0.15, 0.2) is 0 Å². The van der Waals surface area contributed by atoms with Crippen LogP contribution < -0.4 is 5.32 Å². The predicted molar refractivity (Wildman–Crippen MR) is 59.7 cm³/mol. The predicted octanol–water partition coefficient (Wildman–Crippen LogP) is 2.23. The van der Waals surface area contributed by atoms with Crippen molar-refractivity contribution in [3.63, 3.8) is 0 Å². The summed E-state index contributed by atoms with van der Waals surface area (Å²) in [6, 6.07) is 0. The molecule has 13 heavy (non-hydrogen) atoms. The van der Waals surface area contributed by atoms with E-state index in [1.807, 2.05) is 6.92 Å². The lowest BCUT2D eigenvalue weighted by Crippen LogP contribution is -2.22. The van der Waals surface area contributed by atoms with Gasteiger partial charge in [0.2, 0.25) is 5.96 Å². The molecule has 0 aromatic heterocycles. The summed E-state index contributed by atoms with van der Waals surface area (Å²) in [4.78, 5) is 8.72. The van der Waals surface area contributed by atoms with Gasteiger partial charge < -0.3 is 5.32 Å². The van der Waals surface area contributed by atoms with Crippen molar-refractivity contribution in [3.05, 3.63) is 0 Å². The third-order valence-corrected chi connectivity index (χ3v) is 1.63. The fourth-order valence-electron chi connectivity index (χ4n) is 0.766. The van der Waals surface area contributed by atoms with Gasteiger partial charge in [-0.2, -0.15) is 0 Å². The van der Waals surface area contributed by atoms with E-state index in [0.29, 0.717) is 0 Å². The van der Waals surface area contributed by atoms with Crippen LogP contribution in [0.15, 0.2) is 9.98 Å². The molecule has 0 atom stereocenters. The van der Waals surface area contributed by atoms with E-state index in [-0.39, 0.29) is 0 Å². The van der Waals surface area contributed by atoms with Crippen molar-refractivity contribution in [2.45, 2.75) is 40.5 Å². The topological polar surface area (TPSA) is 36.8 Å². The number of hydrogen-bond donors (Lipinski definition) is 1. The van der Waals surface area contributed by atoms with E-state index < -0.39 is 0 Å². The van der Waals surface area contributed by atoms with Gasteiger partial charge in [0.25, 0.3) is 0 Å². The van der Waals surface area contributed by atoms with Crippen LogP contribution in [0, 0.1) is 0 Å². The monoisotopic (exact) mass is 183 g/mol. The Morgan fingerprint density at radius 3 is 2.38 bits per heavy atom. The van der Waals surface area contributed by atoms with Crippen LogP contribution in [0.4, 0.5) is 0 Å². The third kappa shape index (κ3) is 6.31. The van der Waals surface area contributed by atoms with Gasteiger partial charge >= 0.3 is 0 Å². The second-order valence-electron chi connectivity index (χ2n) is 2.94. The molecule has 0 aromatic carbocycles. The normalized spacial score (nSPS) is 13.2. The van der Waals surface area contributed by atoms with Crippen molar-refractivity contribution in [1.82, 2.24) is 5.32 Å². The van der Waals surface area contributed by atoms with Crippen LogP contribution in [0.25, 0.3) is 0 Å². The van der Waals surface area contributed by atoms with Gasteiger partial charge in [-0.3, -0.25) is 4.99 Å². The fourth-order valence-corrected chi connectivity index (χ4v) is 0.766. The summed E-state index contributed by atoms with van der Waals surface area (Å²) in [5.74, 6) is 0.781. The minimum atomic E-state index is 0.781. The molecular weight excluding hydrogens is 162 g/mol. The zero-order valence-corrected chi connectivity index (χ0v) is 9.22. The van der Waals surface area contributed by atoms with Crippen LogP contribution in [0.3, 0.4) is 0 Å². The first-order valence-corrected chi connectivity index (χ1v) is 5.07. The molecule has 0 unspecified atom stereocenters. The van der Waals surface area contributed by atoms with Gasteiger partial charge in [0.1, 0.15) is 0 Å². The van der Waals surface area contributed by atoms with Gasteiger partial charge in [0.05, 0.1) is 0 Å². The number of hydrogen-bond acceptors (Lipinski definition) is 1. The summed E-state index contributed by atoms with van der Waals surface area (Å²) in [7, 11) is 0. The van der Waals surface area contributed by atoms with E-state index in [0.717, 1.165) is 37.6 Å². The van der Waals surface area contributed by atoms with E-state index >= 15 is 0 Å². The molecule has 0 radical (unpaired) electrons. The molecule has 3 heteroatoms. The van der Waals surface area contributed by atoms with Crippen molar-refractivity contribution in [2.75, 3.05) is 13.1 Å². The first-order chi connectivity index (χ1) is 6.24. The first-order valence-electron chi connectivity index (χ1n) is 5.07. The highest BCUT2D eigenvalue weighted by Gasteiger charge is 1.93. The molecule has 0 bridgehead atoms. The second kappa shape index (κ2) is 7.77. The van der Waals surface area contributed by atoms with Gasteiger partial charge in [0, 0.05) is 18.8 Å². The minimum absolute atomic E-state index is 0.781. The average Bonchev–Trinajstić information content (AvgIpc) is 2.14. The lowest BCUT2D eigenvalue weighted by atomic mass is 10.3. The van der Waals surface area contributed by atoms with Crippen molar-refractivity contribution in [2.24, 2.45) is 9.98 Å². The summed E-state index contributed by atoms with van der Waals surface area (Å²) in [5.41, 5.74) is 1.12. The van der Waals surface area contributed by atoms with Crippen molar-refractivity contribution in [1.29, 1.82) is 0 Å². The molecule has 0 saturated carbocycles. The van der Waals surface area contributed by atoms with Crippen LogP contribution in [0.2, 0.25) is 0 Å². The average molecular weight is 183 g/mol. The summed E-state index contributed by atoms with van der Waals surface area (Å²) in [5, 5.41) is 3.15. The Morgan fingerprint density at radius 1 is 1.23 bits per heavy atom. The first kappa shape index (κ1) is 12.1. The van der Waals surface area contributed by atoms with E-state index in [1.54, 1.807) is 0 Å². The molecule has 0 heterocycles. The SMILES string of the molecule is CCCN=C(/N=C(/C)CC)NCC. The number of nitrogens with zero attached hydrogens (tertiary/aromatic N) is 2. The molecule has 0 saturated heterocycles. The van der Waals surface area contributed by atoms with Crippen molar-refractivity contribution >= 4 is 11.7 Å². The Balaban J connectivity index is 4.23. The summed E-state index contributed by atoms with van der Waals surface area (Å²) >= 11 is 0. The molecule has 76 valence electrons. The Bertz CT molecular complexity index is 183. The molecule has 0 aromatic rings. The Kier molecular flexibility index (Phi) is 7.26. The largest absolute Gasteiger partial charge is 0.355 e. The summed E-state index contributed by atoms with van der Waals surface area (Å²) in [6.45, 7) is 10.0. The molecule has 0 spiro atoms. The highest BCUT2D eigenvalue weighted by Crippen LogP contribution is 1.88. The fraction of sp³-hybridized carbons (Fsp3) is 0.800. The highest BCUT2D eigenvalue weighted by atomic mass is 15.1. The molecule has 3 nitrogen and oxygen atoms in total. The Morgan fingerprint density at radius 2 is 1.92 bits per heavy atom. The zero-order chi connectivity index (χ0) is 10.1. The smallest absolute Gasteiger partial charge is 0.217 e. The molecule has 0 aliphatic rings. The van der Waals surface area contributed by atoms with E-state index in [1.165, 1.54) is 0 Å². The minimum Gasteiger partial charge on any atom is -0.355 e. The Hall–Kier alpha value is -0.860. The van der Waals surface area contributed by atoms with E-state index in [2.05, 4.69) is 36.1 Å². The van der Waals surface area contributed by atoms with E-state index in [4.69, 9.17) is 0 Å². The maximum absolute atomic E-state index is 4.38. The quantitative estimate of drug-likeness (QED) is 0.526. The molecular formula is C10H21N3. The molecule has 0 amide bonds.